The zero-order valence-corrected chi connectivity index (χ0v) is 55.5. The van der Waals surface area contributed by atoms with Crippen molar-refractivity contribution < 1.29 is 105 Å². The van der Waals surface area contributed by atoms with Crippen LogP contribution in [-0.4, -0.2) is 138 Å². The first-order valence-electron chi connectivity index (χ1n) is 28.8. The molecule has 0 saturated carbocycles. The zero-order valence-electron chi connectivity index (χ0n) is 52.8. The van der Waals surface area contributed by atoms with Crippen molar-refractivity contribution in [2.24, 2.45) is 16.6 Å². The molecule has 6 heterocycles. The highest BCUT2D eigenvalue weighted by Gasteiger charge is 2.44. The van der Waals surface area contributed by atoms with Crippen molar-refractivity contribution in [3.05, 3.63) is 103 Å². The molecule has 0 amide bonds. The number of aliphatic hydroxyl groups is 3. The first-order chi connectivity index (χ1) is 44.4. The number of phosphoric acid groups is 3. The molecule has 0 aliphatic carbocycles. The lowest BCUT2D eigenvalue weighted by atomic mass is 9.83. The van der Waals surface area contributed by atoms with Gasteiger partial charge in [-0.3, -0.25) is 29.5 Å². The lowest BCUT2D eigenvalue weighted by Crippen LogP contribution is -2.26. The van der Waals surface area contributed by atoms with Gasteiger partial charge in [-0.2, -0.15) is 8.62 Å². The number of aromatic nitrogens is 6. The van der Waals surface area contributed by atoms with Crippen LogP contribution in [0.25, 0.3) is 22.1 Å². The van der Waals surface area contributed by atoms with Crippen LogP contribution in [0, 0.1) is 54.7 Å². The van der Waals surface area contributed by atoms with Crippen molar-refractivity contribution in [1.82, 2.24) is 29.1 Å². The average Bonchev–Trinajstić information content (AvgIpc) is 1.72. The van der Waals surface area contributed by atoms with E-state index in [4.69, 9.17) is 55.4 Å². The Morgan fingerprint density at radius 3 is 1.55 bits per heavy atom. The number of nitrogens with two attached hydrogens (primary N) is 3. The summed E-state index contributed by atoms with van der Waals surface area (Å²) in [4.78, 5) is 88.2. The first kappa shape index (κ1) is 74.9. The minimum absolute atomic E-state index is 0.00617. The van der Waals surface area contributed by atoms with Gasteiger partial charge in [-0.25, -0.2) is 33.6 Å². The van der Waals surface area contributed by atoms with Crippen LogP contribution in [0.1, 0.15) is 132 Å². The molecule has 6 aromatic rings. The molecular formula is C57H74N11O24P3. The number of carbonyl (C=O) groups is 1. The van der Waals surface area contributed by atoms with E-state index in [0.29, 0.717) is 50.8 Å². The van der Waals surface area contributed by atoms with Crippen molar-refractivity contribution in [3.63, 3.8) is 0 Å². The number of phosphoric ester groups is 1. The molecule has 35 nitrogen and oxygen atoms in total. The van der Waals surface area contributed by atoms with E-state index in [1.54, 1.807) is 23.0 Å². The number of nitro groups is 2. The predicted octanol–water partition coefficient (Wildman–Crippen LogP) is 6.13. The maximum Gasteiger partial charge on any atom is 0.490 e. The van der Waals surface area contributed by atoms with Gasteiger partial charge in [0.25, 0.3) is 11.4 Å². The molecule has 2 aromatic carbocycles. The molecule has 2 saturated heterocycles. The van der Waals surface area contributed by atoms with Gasteiger partial charge in [0.2, 0.25) is 0 Å². The Bertz CT molecular complexity index is 4110. The number of methoxy groups -OCH3 is 2. The molecule has 10 atom stereocenters. The molecule has 2 aliphatic heterocycles. The molecule has 13 N–H and O–H groups in total. The highest BCUT2D eigenvalue weighted by molar-refractivity contribution is 7.66. The number of rotatable bonds is 24. The van der Waals surface area contributed by atoms with Crippen molar-refractivity contribution >= 4 is 74.3 Å². The lowest BCUT2D eigenvalue weighted by Gasteiger charge is -2.31. The molecule has 2 fully saturated rings. The summed E-state index contributed by atoms with van der Waals surface area (Å²) in [5, 5.41) is 55.9. The van der Waals surface area contributed by atoms with Gasteiger partial charge in [-0.1, -0.05) is 65.2 Å². The van der Waals surface area contributed by atoms with Crippen LogP contribution in [0.4, 0.5) is 23.0 Å². The van der Waals surface area contributed by atoms with Gasteiger partial charge < -0.3 is 89.6 Å². The number of fused-ring (bicyclic) bond motifs is 2. The molecule has 2 aliphatic rings. The van der Waals surface area contributed by atoms with Crippen LogP contribution in [0.5, 0.6) is 11.5 Å². The van der Waals surface area contributed by atoms with E-state index in [2.05, 4.69) is 56.8 Å². The van der Waals surface area contributed by atoms with Crippen LogP contribution in [-0.2, 0) is 63.8 Å². The van der Waals surface area contributed by atoms with Crippen molar-refractivity contribution in [2.75, 3.05) is 45.4 Å². The second-order valence-corrected chi connectivity index (χ2v) is 28.3. The van der Waals surface area contributed by atoms with E-state index in [9.17, 15) is 63.8 Å². The topological polar surface area (TPSA) is 519 Å². The molecule has 4 unspecified atom stereocenters. The summed E-state index contributed by atoms with van der Waals surface area (Å²) in [5.41, 5.74) is 19.1. The molecule has 95 heavy (non-hydrogen) atoms. The molecule has 8 rings (SSSR count). The normalized spacial score (nSPS) is 20.1. The van der Waals surface area contributed by atoms with E-state index in [-0.39, 0.29) is 96.9 Å². The van der Waals surface area contributed by atoms with E-state index in [0.717, 1.165) is 0 Å². The minimum Gasteiger partial charge on any atom is -0.495 e. The summed E-state index contributed by atoms with van der Waals surface area (Å²) < 4.78 is 85.5. The summed E-state index contributed by atoms with van der Waals surface area (Å²) in [6.45, 7) is 11.3. The van der Waals surface area contributed by atoms with Gasteiger partial charge in [0.1, 0.15) is 77.5 Å². The molecular weight excluding hydrogens is 1320 g/mol. The number of aliphatic hydroxyl groups excluding tert-OH is 3. The molecule has 0 radical (unpaired) electrons. The molecule has 516 valence electrons. The monoisotopic (exact) mass is 1390 g/mol. The summed E-state index contributed by atoms with van der Waals surface area (Å²) in [6, 6.07) is 5.73. The number of nitrogen functional groups attached to an aromatic ring is 2. The fourth-order valence-corrected chi connectivity index (χ4v) is 13.6. The SMILES string of the molecule is COc1cc([C@@H](OCc2cn([C@H]3CC(O)[C@@H](CO)O3)c3ncnc(N)c23)C(C)(C)C)c([N+](=O)[O-])cc1C#CCCC(C)=O.COc1cc([C@@H](OCc2cn([C@H]3CC(O)[C@@H](COP(=O)(O)OP(=O)(O)OP(=O)(O)O)O3)c3ncnc(N)c23)C(C)(C)C)c([N+](=O)[O-])cc1C#CCN. The van der Waals surface area contributed by atoms with Crippen LogP contribution < -0.4 is 26.7 Å². The Balaban J connectivity index is 0.000000273. The van der Waals surface area contributed by atoms with E-state index in [1.165, 1.54) is 56.6 Å². The third-order valence-electron chi connectivity index (χ3n) is 14.7. The largest absolute Gasteiger partial charge is 0.495 e. The zero-order chi connectivity index (χ0) is 70.3. The number of anilines is 2. The van der Waals surface area contributed by atoms with E-state index < -0.39 is 99.8 Å². The van der Waals surface area contributed by atoms with Gasteiger partial charge in [0.05, 0.1) is 114 Å². The summed E-state index contributed by atoms with van der Waals surface area (Å²) in [5.74, 6) is 12.1. The number of Topliss-reactive ketones (excluding diaryl/α,β-unsaturated/α-hetero) is 1. The third kappa shape index (κ3) is 18.8. The minimum atomic E-state index is -5.76. The quantitative estimate of drug-likeness (QED) is 0.0141. The van der Waals surface area contributed by atoms with Crippen LogP contribution in [0.3, 0.4) is 0 Å². The maximum absolute atomic E-state index is 12.3. The van der Waals surface area contributed by atoms with Gasteiger partial charge in [0.15, 0.2) is 0 Å². The van der Waals surface area contributed by atoms with E-state index in [1.807, 2.05) is 41.5 Å². The molecule has 0 spiro atoms. The second-order valence-electron chi connectivity index (χ2n) is 23.8. The molecule has 4 aromatic heterocycles. The van der Waals surface area contributed by atoms with Gasteiger partial charge in [0, 0.05) is 61.3 Å². The van der Waals surface area contributed by atoms with Gasteiger partial charge >= 0.3 is 23.5 Å². The number of ether oxygens (including phenoxy) is 6. The summed E-state index contributed by atoms with van der Waals surface area (Å²) in [6.07, 6.45) is -0.995. The van der Waals surface area contributed by atoms with Gasteiger partial charge in [-0.15, -0.1) is 0 Å². The maximum atomic E-state index is 12.3. The molecule has 38 heteroatoms. The van der Waals surface area contributed by atoms with Crippen molar-refractivity contribution in [2.45, 2.75) is 136 Å². The number of hydrogen-bond donors (Lipinski definition) is 10. The number of nitro benzene ring substituents is 2. The van der Waals surface area contributed by atoms with Crippen molar-refractivity contribution in [3.8, 4) is 35.2 Å². The Hall–Kier alpha value is -7.44. The summed E-state index contributed by atoms with van der Waals surface area (Å²) >= 11 is 0. The predicted molar refractivity (Wildman–Crippen MR) is 336 cm³/mol. The fourth-order valence-electron chi connectivity index (χ4n) is 10.5. The highest BCUT2D eigenvalue weighted by Crippen LogP contribution is 2.66. The van der Waals surface area contributed by atoms with Crippen molar-refractivity contribution in [1.29, 1.82) is 0 Å². The highest BCUT2D eigenvalue weighted by atomic mass is 31.3. The third-order valence-corrected chi connectivity index (χ3v) is 18.5. The van der Waals surface area contributed by atoms with E-state index >= 15 is 0 Å². The Kier molecular flexibility index (Phi) is 24.3. The molecule has 0 bridgehead atoms. The smallest absolute Gasteiger partial charge is 0.490 e. The average molecular weight is 1390 g/mol. The lowest BCUT2D eigenvalue weighted by molar-refractivity contribution is -0.386. The Morgan fingerprint density at radius 1 is 0.716 bits per heavy atom. The summed E-state index contributed by atoms with van der Waals surface area (Å²) in [7, 11) is -14.0. The number of benzene rings is 2. The first-order valence-corrected chi connectivity index (χ1v) is 33.3. The Labute approximate surface area is 542 Å². The van der Waals surface area contributed by atoms with Crippen LogP contribution >= 0.6 is 23.5 Å². The standard InChI is InChI=1S/C30H37N5O8.C27H37N6O16P3/c1-17(37)8-6-7-9-18-10-21(35(39)40)20(11-23(18)41-5)27(30(2,3)4)42-15-19-13-34(25-12-22(38)24(14-36)43-25)29-26(19)28(31)32-16-33-29;1-27(2,3)24(17-9-20(44-4)15(6-5-7-28)8-18(17)33(35)36)45-12-16-11-32(26-23(16)25(29)30-14-31-26)22-10-19(34)21(47-22)13-46-51(40,41)49-52(42,43)48-50(37,38)39/h10-11,13,16,22,24-25,27,36,38H,6,8,12,14-15H2,1-5H3,(H2,31,32,33);8-9,11,14,19,21-22,24,34H,7,10,12-13,28H2,1-4H3,(H,40,41)(H,42,43)(H2,29,30,31)(H2,37,38,39)/t22?,24-,25-,27-;19?,21-,22-,24-/m11/s1. The number of hydrogen-bond acceptors (Lipinski definition) is 27. The second kappa shape index (κ2) is 30.7. The van der Waals surface area contributed by atoms with Crippen LogP contribution in [0.15, 0.2) is 49.3 Å². The number of nitrogens with zero attached hydrogens (tertiary/aromatic N) is 8. The number of ketones is 1. The van der Waals surface area contributed by atoms with Crippen LogP contribution in [0.2, 0.25) is 0 Å². The number of carbonyl (C=O) groups excluding carboxylic acids is 1. The fraction of sp³-hybridized carbons (Fsp3) is 0.491. The Morgan fingerprint density at radius 2 is 1.16 bits per heavy atom. The van der Waals surface area contributed by atoms with Gasteiger partial charge in [-0.05, 0) is 29.9 Å².